The van der Waals surface area contributed by atoms with Crippen LogP contribution in [-0.4, -0.2) is 18.9 Å². The van der Waals surface area contributed by atoms with Gasteiger partial charge >= 0.3 is 0 Å². The number of para-hydroxylation sites is 2. The molecule has 150 valence electrons. The van der Waals surface area contributed by atoms with Crippen LogP contribution in [0.3, 0.4) is 0 Å². The van der Waals surface area contributed by atoms with Crippen molar-refractivity contribution in [1.29, 1.82) is 0 Å². The van der Waals surface area contributed by atoms with Crippen LogP contribution < -0.4 is 16.2 Å². The number of pyridine rings is 1. The van der Waals surface area contributed by atoms with E-state index in [9.17, 15) is 9.59 Å². The first-order valence-corrected chi connectivity index (χ1v) is 10.6. The Morgan fingerprint density at radius 1 is 0.938 bits per heavy atom. The Kier molecular flexibility index (Phi) is 2.71. The Morgan fingerprint density at radius 3 is 2.78 bits per heavy atom. The maximum absolute atomic E-state index is 13.5. The predicted molar refractivity (Wildman–Crippen MR) is 123 cm³/mol. The van der Waals surface area contributed by atoms with Gasteiger partial charge in [-0.3, -0.25) is 14.0 Å². The van der Waals surface area contributed by atoms with Crippen LogP contribution in [0.25, 0.3) is 44.3 Å². The first-order valence-electron chi connectivity index (χ1n) is 10.6. The fourth-order valence-electron chi connectivity index (χ4n) is 5.55. The molecule has 32 heavy (non-hydrogen) atoms. The van der Waals surface area contributed by atoms with Gasteiger partial charge in [0, 0.05) is 34.2 Å². The number of rotatable bonds is 0. The van der Waals surface area contributed by atoms with Crippen LogP contribution in [0.1, 0.15) is 11.3 Å². The second-order valence-corrected chi connectivity index (χ2v) is 8.57. The number of fused-ring (bicyclic) bond motifs is 7. The Hall–Kier alpha value is -4.32. The Bertz CT molecular complexity index is 2130. The van der Waals surface area contributed by atoms with Crippen molar-refractivity contribution in [2.45, 2.75) is 13.0 Å². The van der Waals surface area contributed by atoms with Gasteiger partial charge in [-0.1, -0.05) is 24.3 Å². The summed E-state index contributed by atoms with van der Waals surface area (Å²) in [6.07, 6.45) is 8.73. The highest BCUT2D eigenvalue weighted by atomic mass is 16.1. The molecule has 0 bridgehead atoms. The van der Waals surface area contributed by atoms with E-state index in [2.05, 4.69) is 10.6 Å². The SMILES string of the molecule is O=c1cc2c3c(cn4c5ccccc5nc24)c(=O)cc2c3c1=c1nc3c(n1C2)=CC=CC3. The topological polar surface area (TPSA) is 69.3 Å². The van der Waals surface area contributed by atoms with E-state index in [1.165, 1.54) is 0 Å². The summed E-state index contributed by atoms with van der Waals surface area (Å²) in [5.41, 5.74) is 4.86. The van der Waals surface area contributed by atoms with Crippen molar-refractivity contribution in [3.8, 4) is 0 Å². The summed E-state index contributed by atoms with van der Waals surface area (Å²) in [5, 5.41) is 4.60. The lowest BCUT2D eigenvalue weighted by Crippen LogP contribution is -2.25. The maximum Gasteiger partial charge on any atom is 0.190 e. The summed E-state index contributed by atoms with van der Waals surface area (Å²) in [4.78, 5) is 36.5. The lowest BCUT2D eigenvalue weighted by atomic mass is 9.94. The minimum Gasteiger partial charge on any atom is -0.320 e. The zero-order valence-electron chi connectivity index (χ0n) is 16.8. The Balaban J connectivity index is 1.73. The first kappa shape index (κ1) is 16.4. The molecule has 6 nitrogen and oxygen atoms in total. The molecule has 3 aromatic heterocycles. The van der Waals surface area contributed by atoms with Gasteiger partial charge < -0.3 is 4.57 Å². The quantitative estimate of drug-likeness (QED) is 0.382. The number of nitrogens with zero attached hydrogens (tertiary/aromatic N) is 4. The third kappa shape index (κ3) is 1.78. The van der Waals surface area contributed by atoms with E-state index in [-0.39, 0.29) is 10.9 Å². The fourth-order valence-corrected chi connectivity index (χ4v) is 5.55. The van der Waals surface area contributed by atoms with Crippen LogP contribution in [-0.2, 0) is 13.0 Å². The molecule has 6 heteroatoms. The molecule has 1 aliphatic heterocycles. The van der Waals surface area contributed by atoms with Crippen molar-refractivity contribution < 1.29 is 0 Å². The molecule has 0 fully saturated rings. The molecule has 0 N–H and O–H groups in total. The molecule has 0 saturated heterocycles. The molecule has 0 atom stereocenters. The van der Waals surface area contributed by atoms with E-state index in [1.54, 1.807) is 12.1 Å². The highest BCUT2D eigenvalue weighted by Crippen LogP contribution is 2.33. The van der Waals surface area contributed by atoms with Gasteiger partial charge in [-0.2, -0.15) is 0 Å². The maximum atomic E-state index is 13.5. The number of benzene rings is 3. The molecule has 0 saturated carbocycles. The van der Waals surface area contributed by atoms with Crippen molar-refractivity contribution in [3.05, 3.63) is 102 Å². The molecule has 1 aliphatic carbocycles. The Morgan fingerprint density at radius 2 is 1.84 bits per heavy atom. The second kappa shape index (κ2) is 5.29. The van der Waals surface area contributed by atoms with Crippen molar-refractivity contribution in [2.24, 2.45) is 0 Å². The highest BCUT2D eigenvalue weighted by Gasteiger charge is 2.23. The molecule has 0 unspecified atom stereocenters. The second-order valence-electron chi connectivity index (χ2n) is 8.57. The monoisotopic (exact) mass is 414 g/mol. The van der Waals surface area contributed by atoms with E-state index in [4.69, 9.17) is 9.97 Å². The molecule has 0 spiro atoms. The third-order valence-corrected chi connectivity index (χ3v) is 6.88. The van der Waals surface area contributed by atoms with Crippen molar-refractivity contribution in [3.63, 3.8) is 0 Å². The standard InChI is InChI=1S/C26H14N4O2/c31-20-9-13-11-29-18-7-3-2-6-17(18)28-26(29)24-21(32)10-14-23(22(13)24)15(20)12-30-19-8-4-1-5-16(19)27-25(14)30/h1-5,7-10,12H,6,11H2. The zero-order chi connectivity index (χ0) is 21.1. The molecule has 8 rings (SSSR count). The van der Waals surface area contributed by atoms with Gasteiger partial charge in [-0.05, 0) is 35.9 Å². The minimum absolute atomic E-state index is 0.0388. The van der Waals surface area contributed by atoms with E-state index >= 15 is 0 Å². The van der Waals surface area contributed by atoms with E-state index in [0.717, 1.165) is 50.2 Å². The van der Waals surface area contributed by atoms with Gasteiger partial charge in [0.25, 0.3) is 0 Å². The molecule has 6 aromatic rings. The zero-order valence-corrected chi connectivity index (χ0v) is 16.8. The predicted octanol–water partition coefficient (Wildman–Crippen LogP) is 2.41. The first-order chi connectivity index (χ1) is 15.7. The summed E-state index contributed by atoms with van der Waals surface area (Å²) in [5.74, 6) is 0. The fraction of sp³-hybridized carbons (Fsp3) is 0.0769. The van der Waals surface area contributed by atoms with E-state index in [0.29, 0.717) is 28.3 Å². The summed E-state index contributed by atoms with van der Waals surface area (Å²) < 4.78 is 4.00. The molecule has 0 radical (unpaired) electrons. The third-order valence-electron chi connectivity index (χ3n) is 6.88. The minimum atomic E-state index is -0.0879. The van der Waals surface area contributed by atoms with Gasteiger partial charge in [-0.25, -0.2) is 9.97 Å². The summed E-state index contributed by atoms with van der Waals surface area (Å²) in [7, 11) is 0. The number of hydrogen-bond donors (Lipinski definition) is 0. The normalized spacial score (nSPS) is 14.4. The van der Waals surface area contributed by atoms with Crippen molar-refractivity contribution >= 4 is 44.3 Å². The number of aromatic nitrogens is 4. The molecular formula is C26H14N4O2. The van der Waals surface area contributed by atoms with Gasteiger partial charge in [0.2, 0.25) is 0 Å². The molecular weight excluding hydrogens is 400 g/mol. The number of allylic oxidation sites excluding steroid dienone is 2. The number of hydrogen-bond acceptors (Lipinski definition) is 4. The molecule has 3 aromatic carbocycles. The van der Waals surface area contributed by atoms with Crippen LogP contribution in [0.2, 0.25) is 0 Å². The van der Waals surface area contributed by atoms with Crippen LogP contribution in [0.4, 0.5) is 0 Å². The van der Waals surface area contributed by atoms with Crippen LogP contribution in [0.15, 0.2) is 64.3 Å². The smallest absolute Gasteiger partial charge is 0.190 e. The Labute approximate surface area is 179 Å². The summed E-state index contributed by atoms with van der Waals surface area (Å²) in [6.45, 7) is 0.528. The van der Waals surface area contributed by atoms with Crippen LogP contribution >= 0.6 is 0 Å². The van der Waals surface area contributed by atoms with Crippen molar-refractivity contribution in [1.82, 2.24) is 18.9 Å². The largest absolute Gasteiger partial charge is 0.320 e. The average Bonchev–Trinajstić information content (AvgIpc) is 3.36. The van der Waals surface area contributed by atoms with Crippen LogP contribution in [0, 0.1) is 10.7 Å². The molecule has 2 aliphatic rings. The summed E-state index contributed by atoms with van der Waals surface area (Å²) in [6, 6.07) is 11.1. The van der Waals surface area contributed by atoms with Gasteiger partial charge in [0.15, 0.2) is 10.9 Å². The summed E-state index contributed by atoms with van der Waals surface area (Å²) >= 11 is 0. The van der Waals surface area contributed by atoms with Crippen molar-refractivity contribution in [2.75, 3.05) is 0 Å². The van der Waals surface area contributed by atoms with Crippen LogP contribution in [0.5, 0.6) is 0 Å². The lowest BCUT2D eigenvalue weighted by Gasteiger charge is -2.16. The van der Waals surface area contributed by atoms with E-state index < -0.39 is 0 Å². The average molecular weight is 414 g/mol. The number of imidazole rings is 2. The van der Waals surface area contributed by atoms with Gasteiger partial charge in [0.05, 0.1) is 33.8 Å². The highest BCUT2D eigenvalue weighted by molar-refractivity contribution is 6.16. The van der Waals surface area contributed by atoms with Gasteiger partial charge in [-0.15, -0.1) is 0 Å². The molecule has 4 heterocycles. The lowest BCUT2D eigenvalue weighted by molar-refractivity contribution is 0.739. The van der Waals surface area contributed by atoms with E-state index in [1.807, 2.05) is 47.0 Å². The van der Waals surface area contributed by atoms with Gasteiger partial charge in [0.1, 0.15) is 11.1 Å². The molecule has 0 amide bonds.